The maximum absolute atomic E-state index is 12.0. The molecule has 1 heterocycles. The van der Waals surface area contributed by atoms with E-state index in [1.165, 1.54) is 7.11 Å². The van der Waals surface area contributed by atoms with Crippen LogP contribution in [0.25, 0.3) is 11.0 Å². The van der Waals surface area contributed by atoms with E-state index in [-0.39, 0.29) is 12.3 Å². The summed E-state index contributed by atoms with van der Waals surface area (Å²) in [6.45, 7) is 3.23. The third kappa shape index (κ3) is 4.81. The average Bonchev–Trinajstić information content (AvgIpc) is 3.06. The zero-order valence-corrected chi connectivity index (χ0v) is 15.0. The molecule has 0 bridgehead atoms. The Morgan fingerprint density at radius 3 is 2.69 bits per heavy atom. The van der Waals surface area contributed by atoms with Gasteiger partial charge >= 0.3 is 11.9 Å². The van der Waals surface area contributed by atoms with Crippen LogP contribution in [-0.4, -0.2) is 42.8 Å². The van der Waals surface area contributed by atoms with Crippen molar-refractivity contribution < 1.29 is 28.4 Å². The van der Waals surface area contributed by atoms with Gasteiger partial charge in [0.15, 0.2) is 12.2 Å². The van der Waals surface area contributed by atoms with Crippen molar-refractivity contribution in [1.29, 1.82) is 0 Å². The van der Waals surface area contributed by atoms with E-state index in [1.807, 2.05) is 19.9 Å². The minimum absolute atomic E-state index is 0.108. The van der Waals surface area contributed by atoms with Crippen LogP contribution >= 0.6 is 0 Å². The third-order valence-corrected chi connectivity index (χ3v) is 4.11. The summed E-state index contributed by atoms with van der Waals surface area (Å²) in [5.41, 5.74) is 1.01. The quantitative estimate of drug-likeness (QED) is 0.711. The number of rotatable bonds is 8. The SMILES string of the molecule is CC[C@@H](C)[C@H](NC(=O)COC(=O)Cc1noc2ccccc12)C(=O)OC. The highest BCUT2D eigenvalue weighted by Gasteiger charge is 2.27. The summed E-state index contributed by atoms with van der Waals surface area (Å²) in [6.07, 6.45) is 0.565. The van der Waals surface area contributed by atoms with Gasteiger partial charge in [-0.05, 0) is 18.1 Å². The molecule has 2 rings (SSSR count). The number of aromatic nitrogens is 1. The highest BCUT2D eigenvalue weighted by Crippen LogP contribution is 2.18. The zero-order valence-electron chi connectivity index (χ0n) is 15.0. The van der Waals surface area contributed by atoms with Gasteiger partial charge in [0.1, 0.15) is 11.7 Å². The number of methoxy groups -OCH3 is 1. The first kappa shape index (κ1) is 19.4. The lowest BCUT2D eigenvalue weighted by atomic mass is 9.99. The fourth-order valence-corrected chi connectivity index (χ4v) is 2.41. The van der Waals surface area contributed by atoms with Gasteiger partial charge in [-0.25, -0.2) is 4.79 Å². The summed E-state index contributed by atoms with van der Waals surface area (Å²) in [5.74, 6) is -1.83. The molecule has 0 aliphatic heterocycles. The summed E-state index contributed by atoms with van der Waals surface area (Å²) < 4.78 is 14.8. The monoisotopic (exact) mass is 362 g/mol. The second-order valence-corrected chi connectivity index (χ2v) is 5.92. The Balaban J connectivity index is 1.88. The first-order valence-corrected chi connectivity index (χ1v) is 8.32. The number of carbonyl (C=O) groups is 3. The summed E-state index contributed by atoms with van der Waals surface area (Å²) in [6, 6.07) is 6.36. The van der Waals surface area contributed by atoms with Gasteiger partial charge in [0.05, 0.1) is 13.5 Å². The van der Waals surface area contributed by atoms with Gasteiger partial charge in [0, 0.05) is 5.39 Å². The Morgan fingerprint density at radius 2 is 2.00 bits per heavy atom. The van der Waals surface area contributed by atoms with Crippen LogP contribution < -0.4 is 5.32 Å². The van der Waals surface area contributed by atoms with Crippen molar-refractivity contribution in [2.45, 2.75) is 32.7 Å². The molecule has 0 fully saturated rings. The van der Waals surface area contributed by atoms with E-state index in [0.29, 0.717) is 17.7 Å². The summed E-state index contributed by atoms with van der Waals surface area (Å²) in [4.78, 5) is 35.7. The molecule has 8 heteroatoms. The Hall–Kier alpha value is -2.90. The second kappa shape index (κ2) is 8.98. The molecule has 1 aromatic heterocycles. The molecule has 0 aliphatic carbocycles. The highest BCUT2D eigenvalue weighted by atomic mass is 16.5. The predicted octanol–water partition coefficient (Wildman–Crippen LogP) is 1.62. The molecular weight excluding hydrogens is 340 g/mol. The van der Waals surface area contributed by atoms with E-state index in [9.17, 15) is 14.4 Å². The number of hydrogen-bond acceptors (Lipinski definition) is 7. The highest BCUT2D eigenvalue weighted by molar-refractivity contribution is 5.87. The van der Waals surface area contributed by atoms with E-state index in [0.717, 1.165) is 5.39 Å². The molecule has 0 unspecified atom stereocenters. The summed E-state index contributed by atoms with van der Waals surface area (Å²) in [5, 5.41) is 7.10. The van der Waals surface area contributed by atoms with Crippen LogP contribution in [0, 0.1) is 5.92 Å². The van der Waals surface area contributed by atoms with Crippen LogP contribution in [0.4, 0.5) is 0 Å². The normalized spacial score (nSPS) is 13.0. The summed E-state index contributed by atoms with van der Waals surface area (Å²) >= 11 is 0. The molecule has 1 amide bonds. The molecule has 0 aliphatic rings. The van der Waals surface area contributed by atoms with Crippen LogP contribution in [0.1, 0.15) is 26.0 Å². The predicted molar refractivity (Wildman–Crippen MR) is 92.1 cm³/mol. The van der Waals surface area contributed by atoms with Crippen molar-refractivity contribution in [3.63, 3.8) is 0 Å². The van der Waals surface area contributed by atoms with Crippen molar-refractivity contribution in [2.75, 3.05) is 13.7 Å². The second-order valence-electron chi connectivity index (χ2n) is 5.92. The van der Waals surface area contributed by atoms with Gasteiger partial charge in [0.2, 0.25) is 0 Å². The standard InChI is InChI=1S/C18H22N2O6/c1-4-11(2)17(18(23)24-3)19-15(21)10-25-16(22)9-13-12-7-5-6-8-14(12)26-20-13/h5-8,11,17H,4,9-10H2,1-3H3,(H,19,21)/t11-,17+/m1/s1. The molecule has 2 aromatic rings. The Morgan fingerprint density at radius 1 is 1.27 bits per heavy atom. The van der Waals surface area contributed by atoms with E-state index in [1.54, 1.807) is 18.2 Å². The molecule has 0 saturated heterocycles. The molecule has 1 aromatic carbocycles. The van der Waals surface area contributed by atoms with Crippen molar-refractivity contribution in [2.24, 2.45) is 5.92 Å². The van der Waals surface area contributed by atoms with Gasteiger partial charge in [-0.2, -0.15) is 0 Å². The van der Waals surface area contributed by atoms with Crippen LogP contribution in [0.5, 0.6) is 0 Å². The van der Waals surface area contributed by atoms with Crippen LogP contribution in [0.3, 0.4) is 0 Å². The number of nitrogens with one attached hydrogen (secondary N) is 1. The number of fused-ring (bicyclic) bond motifs is 1. The van der Waals surface area contributed by atoms with Crippen molar-refractivity contribution in [3.05, 3.63) is 30.0 Å². The molecule has 1 N–H and O–H groups in total. The lowest BCUT2D eigenvalue weighted by Gasteiger charge is -2.21. The number of esters is 2. The van der Waals surface area contributed by atoms with Gasteiger partial charge in [-0.1, -0.05) is 37.6 Å². The molecule has 0 spiro atoms. The largest absolute Gasteiger partial charge is 0.467 e. The van der Waals surface area contributed by atoms with Gasteiger partial charge in [0.25, 0.3) is 5.91 Å². The Labute approximate surface area is 150 Å². The number of hydrogen-bond donors (Lipinski definition) is 1. The number of amides is 1. The fraction of sp³-hybridized carbons (Fsp3) is 0.444. The molecule has 26 heavy (non-hydrogen) atoms. The van der Waals surface area contributed by atoms with Crippen LogP contribution in [0.15, 0.2) is 28.8 Å². The first-order chi connectivity index (χ1) is 12.5. The topological polar surface area (TPSA) is 108 Å². The van der Waals surface area contributed by atoms with Crippen molar-refractivity contribution in [3.8, 4) is 0 Å². The van der Waals surface area contributed by atoms with Gasteiger partial charge in [-0.3, -0.25) is 9.59 Å². The molecular formula is C18H22N2O6. The van der Waals surface area contributed by atoms with E-state index < -0.39 is 30.5 Å². The summed E-state index contributed by atoms with van der Waals surface area (Å²) in [7, 11) is 1.26. The van der Waals surface area contributed by atoms with Crippen LogP contribution in [0.2, 0.25) is 0 Å². The fourth-order valence-electron chi connectivity index (χ4n) is 2.41. The van der Waals surface area contributed by atoms with E-state index in [4.69, 9.17) is 14.0 Å². The van der Waals surface area contributed by atoms with Crippen LogP contribution in [-0.2, 0) is 30.3 Å². The molecule has 2 atom stereocenters. The maximum atomic E-state index is 12.0. The minimum atomic E-state index is -0.782. The van der Waals surface area contributed by atoms with Gasteiger partial charge in [-0.15, -0.1) is 0 Å². The number of ether oxygens (including phenoxy) is 2. The van der Waals surface area contributed by atoms with Crippen molar-refractivity contribution >= 4 is 28.8 Å². The molecule has 0 saturated carbocycles. The van der Waals surface area contributed by atoms with E-state index >= 15 is 0 Å². The van der Waals surface area contributed by atoms with Crippen molar-refractivity contribution in [1.82, 2.24) is 10.5 Å². The Kier molecular flexibility index (Phi) is 6.71. The minimum Gasteiger partial charge on any atom is -0.467 e. The molecule has 8 nitrogen and oxygen atoms in total. The lowest BCUT2D eigenvalue weighted by molar-refractivity contribution is -0.150. The smallest absolute Gasteiger partial charge is 0.328 e. The maximum Gasteiger partial charge on any atom is 0.328 e. The number of nitrogens with zero attached hydrogens (tertiary/aromatic N) is 1. The number of para-hydroxylation sites is 1. The molecule has 140 valence electrons. The zero-order chi connectivity index (χ0) is 19.1. The van der Waals surface area contributed by atoms with E-state index in [2.05, 4.69) is 10.5 Å². The lowest BCUT2D eigenvalue weighted by Crippen LogP contribution is -2.47. The third-order valence-electron chi connectivity index (χ3n) is 4.11. The number of benzene rings is 1. The first-order valence-electron chi connectivity index (χ1n) is 8.32. The molecule has 0 radical (unpaired) electrons. The Bertz CT molecular complexity index is 785. The van der Waals surface area contributed by atoms with Gasteiger partial charge < -0.3 is 19.3 Å². The number of carbonyl (C=O) groups excluding carboxylic acids is 3. The average molecular weight is 362 g/mol.